The van der Waals surface area contributed by atoms with Gasteiger partial charge >= 0.3 is 0 Å². The van der Waals surface area contributed by atoms with Crippen LogP contribution in [0.1, 0.15) is 37.1 Å². The maximum atomic E-state index is 12.9. The molecule has 3 N–H and O–H groups in total. The van der Waals surface area contributed by atoms with Crippen molar-refractivity contribution in [2.45, 2.75) is 31.1 Å². The predicted molar refractivity (Wildman–Crippen MR) is 112 cm³/mol. The molecule has 0 bridgehead atoms. The number of hydrogen-bond acceptors (Lipinski definition) is 6. The highest BCUT2D eigenvalue weighted by molar-refractivity contribution is 6.06. The Hall–Kier alpha value is -3.29. The molecular formula is C22H24N6O2. The zero-order valence-electron chi connectivity index (χ0n) is 16.9. The maximum absolute atomic E-state index is 12.9. The van der Waals surface area contributed by atoms with Crippen LogP contribution < -0.4 is 21.5 Å². The number of allylic oxidation sites excluding steroid dienone is 1. The van der Waals surface area contributed by atoms with E-state index in [1.54, 1.807) is 0 Å². The fraction of sp³-hybridized carbons (Fsp3) is 0.409. The number of aliphatic hydroxyl groups excluding tert-OH is 1. The van der Waals surface area contributed by atoms with E-state index in [1.165, 1.54) is 0 Å². The fourth-order valence-corrected chi connectivity index (χ4v) is 5.02. The third-order valence-electron chi connectivity index (χ3n) is 6.87. The van der Waals surface area contributed by atoms with Crippen molar-refractivity contribution < 1.29 is 9.90 Å². The van der Waals surface area contributed by atoms with Crippen LogP contribution in [0.15, 0.2) is 34.8 Å². The van der Waals surface area contributed by atoms with Crippen molar-refractivity contribution in [2.24, 2.45) is 12.0 Å². The van der Waals surface area contributed by atoms with Gasteiger partial charge in [0, 0.05) is 25.8 Å². The number of carbonyl (C=O) groups is 1. The van der Waals surface area contributed by atoms with Gasteiger partial charge in [-0.1, -0.05) is 18.2 Å². The summed E-state index contributed by atoms with van der Waals surface area (Å²) in [5.74, 6) is 1.92. The summed E-state index contributed by atoms with van der Waals surface area (Å²) >= 11 is 0. The summed E-state index contributed by atoms with van der Waals surface area (Å²) < 4.78 is 1.88. The molecule has 8 heteroatoms. The standard InChI is InChI=1S/C22H24N6O2/c1-27-18-16(26-20(27)17(29)13-6-7-13)19(24-12-23-18)28-10-8-22(9-11-28)14-4-2-3-5-15(14)25-21(22)30/h2-5,24,29H,6-12H2,1H3,(H,25,30). The summed E-state index contributed by atoms with van der Waals surface area (Å²) in [7, 11) is 1.90. The Morgan fingerprint density at radius 3 is 2.73 bits per heavy atom. The first-order valence-corrected chi connectivity index (χ1v) is 10.5. The quantitative estimate of drug-likeness (QED) is 0.641. The first kappa shape index (κ1) is 17.6. The van der Waals surface area contributed by atoms with E-state index in [-0.39, 0.29) is 5.91 Å². The molecule has 6 rings (SSSR count). The second kappa shape index (κ2) is 6.10. The molecule has 1 spiro atoms. The van der Waals surface area contributed by atoms with Crippen LogP contribution in [0, 0.1) is 0 Å². The Morgan fingerprint density at radius 1 is 1.20 bits per heavy atom. The van der Waals surface area contributed by atoms with Gasteiger partial charge in [0.2, 0.25) is 5.91 Å². The summed E-state index contributed by atoms with van der Waals surface area (Å²) in [5.41, 5.74) is 3.46. The number of nitrogens with one attached hydrogen (secondary N) is 2. The lowest BCUT2D eigenvalue weighted by Crippen LogP contribution is -2.52. The van der Waals surface area contributed by atoms with Crippen LogP contribution in [0.5, 0.6) is 0 Å². The third-order valence-corrected chi connectivity index (χ3v) is 6.87. The lowest BCUT2D eigenvalue weighted by molar-refractivity contribution is -0.122. The second-order valence-electron chi connectivity index (χ2n) is 8.53. The van der Waals surface area contributed by atoms with Crippen LogP contribution in [0.25, 0.3) is 11.6 Å². The molecule has 0 radical (unpaired) electrons. The molecule has 1 aromatic heterocycles. The van der Waals surface area contributed by atoms with Gasteiger partial charge in [0.15, 0.2) is 17.1 Å². The van der Waals surface area contributed by atoms with E-state index in [9.17, 15) is 9.90 Å². The van der Waals surface area contributed by atoms with Gasteiger partial charge in [-0.3, -0.25) is 4.79 Å². The monoisotopic (exact) mass is 404 g/mol. The van der Waals surface area contributed by atoms with Crippen molar-refractivity contribution in [3.05, 3.63) is 52.1 Å². The van der Waals surface area contributed by atoms with E-state index >= 15 is 0 Å². The number of likely N-dealkylation sites (tertiary alicyclic amines) is 1. The number of para-hydroxylation sites is 1. The number of rotatable bonds is 2. The highest BCUT2D eigenvalue weighted by Gasteiger charge is 2.48. The summed E-state index contributed by atoms with van der Waals surface area (Å²) in [4.78, 5) is 24.5. The van der Waals surface area contributed by atoms with Crippen LogP contribution in [0.3, 0.4) is 0 Å². The first-order valence-electron chi connectivity index (χ1n) is 10.5. The summed E-state index contributed by atoms with van der Waals surface area (Å²) in [6.07, 6.45) is 3.38. The topological polar surface area (TPSA) is 94.8 Å². The number of piperidine rings is 1. The Balaban J connectivity index is 1.36. The maximum Gasteiger partial charge on any atom is 0.235 e. The molecule has 4 heterocycles. The Kier molecular flexibility index (Phi) is 3.57. The number of aromatic nitrogens is 2. The molecule has 30 heavy (non-hydrogen) atoms. The van der Waals surface area contributed by atoms with Gasteiger partial charge < -0.3 is 25.2 Å². The van der Waals surface area contributed by atoms with Gasteiger partial charge in [-0.15, -0.1) is 0 Å². The van der Waals surface area contributed by atoms with Crippen molar-refractivity contribution in [1.29, 1.82) is 0 Å². The summed E-state index contributed by atoms with van der Waals surface area (Å²) in [6.45, 7) is 1.98. The molecule has 2 fully saturated rings. The third kappa shape index (κ3) is 2.36. The highest BCUT2D eigenvalue weighted by Crippen LogP contribution is 2.45. The van der Waals surface area contributed by atoms with Gasteiger partial charge in [0.05, 0.1) is 5.41 Å². The molecule has 1 saturated heterocycles. The number of imidazole rings is 1. The molecule has 0 unspecified atom stereocenters. The predicted octanol–water partition coefficient (Wildman–Crippen LogP) is 0.715. The van der Waals surface area contributed by atoms with Crippen molar-refractivity contribution in [1.82, 2.24) is 19.8 Å². The number of anilines is 1. The van der Waals surface area contributed by atoms with E-state index in [0.717, 1.165) is 72.3 Å². The zero-order valence-corrected chi connectivity index (χ0v) is 16.9. The van der Waals surface area contributed by atoms with Crippen LogP contribution in [0.2, 0.25) is 0 Å². The van der Waals surface area contributed by atoms with Crippen molar-refractivity contribution in [2.75, 3.05) is 25.1 Å². The number of benzene rings is 1. The Morgan fingerprint density at radius 2 is 1.97 bits per heavy atom. The number of fused-ring (bicyclic) bond motifs is 3. The second-order valence-corrected chi connectivity index (χ2v) is 8.53. The zero-order chi connectivity index (χ0) is 20.5. The SMILES string of the molecule is Cn1c(C(O)=C2CC2)nc2c1=NCNC=2N1CCC2(CC1)C(=O)Nc1ccccc12. The highest BCUT2D eigenvalue weighted by atomic mass is 16.3. The van der Waals surface area contributed by atoms with Crippen LogP contribution in [0.4, 0.5) is 5.69 Å². The number of nitrogens with zero attached hydrogens (tertiary/aromatic N) is 4. The van der Waals surface area contributed by atoms with E-state index in [2.05, 4.69) is 26.6 Å². The van der Waals surface area contributed by atoms with Crippen LogP contribution >= 0.6 is 0 Å². The Labute approximate surface area is 173 Å². The molecule has 1 saturated carbocycles. The minimum Gasteiger partial charge on any atom is -0.504 e. The van der Waals surface area contributed by atoms with Crippen molar-refractivity contribution in [3.63, 3.8) is 0 Å². The van der Waals surface area contributed by atoms with E-state index in [0.29, 0.717) is 18.3 Å². The molecule has 4 aliphatic rings. The molecule has 1 amide bonds. The van der Waals surface area contributed by atoms with Gasteiger partial charge in [0.1, 0.15) is 17.8 Å². The molecule has 1 aliphatic carbocycles. The lowest BCUT2D eigenvalue weighted by atomic mass is 9.73. The van der Waals surface area contributed by atoms with E-state index < -0.39 is 5.41 Å². The van der Waals surface area contributed by atoms with Crippen LogP contribution in [-0.4, -0.2) is 45.2 Å². The minimum absolute atomic E-state index is 0.113. The fourth-order valence-electron chi connectivity index (χ4n) is 5.02. The summed E-state index contributed by atoms with van der Waals surface area (Å²) in [5, 5.41) is 17.7. The molecule has 0 atom stereocenters. The average molecular weight is 404 g/mol. The largest absolute Gasteiger partial charge is 0.504 e. The van der Waals surface area contributed by atoms with Crippen molar-refractivity contribution >= 4 is 23.2 Å². The van der Waals surface area contributed by atoms with Crippen molar-refractivity contribution in [3.8, 4) is 0 Å². The van der Waals surface area contributed by atoms with Gasteiger partial charge in [-0.25, -0.2) is 9.98 Å². The molecule has 8 nitrogen and oxygen atoms in total. The van der Waals surface area contributed by atoms with Gasteiger partial charge in [-0.05, 0) is 42.9 Å². The minimum atomic E-state index is -0.445. The molecule has 154 valence electrons. The smallest absolute Gasteiger partial charge is 0.235 e. The normalized spacial score (nSPS) is 21.0. The van der Waals surface area contributed by atoms with E-state index in [4.69, 9.17) is 4.98 Å². The first-order chi connectivity index (χ1) is 14.6. The van der Waals surface area contributed by atoms with Crippen LogP contribution in [-0.2, 0) is 17.3 Å². The average Bonchev–Trinajstić information content (AvgIpc) is 3.52. The number of amides is 1. The molecule has 3 aliphatic heterocycles. The number of aliphatic hydroxyl groups is 1. The molecule has 1 aromatic carbocycles. The van der Waals surface area contributed by atoms with E-state index in [1.807, 2.05) is 29.8 Å². The van der Waals surface area contributed by atoms with Gasteiger partial charge in [0.25, 0.3) is 0 Å². The lowest BCUT2D eigenvalue weighted by Gasteiger charge is -2.40. The summed E-state index contributed by atoms with van der Waals surface area (Å²) in [6, 6.07) is 8.03. The Bertz CT molecular complexity index is 1230. The van der Waals surface area contributed by atoms with Gasteiger partial charge in [-0.2, -0.15) is 0 Å². The number of carbonyl (C=O) groups excluding carboxylic acids is 1. The molecule has 2 aromatic rings. The molecular weight excluding hydrogens is 380 g/mol. The number of hydrogen-bond donors (Lipinski definition) is 3.